The van der Waals surface area contributed by atoms with Gasteiger partial charge in [0, 0.05) is 11.8 Å². The van der Waals surface area contributed by atoms with E-state index in [1.54, 1.807) is 13.8 Å². The Balaban J connectivity index is 1.43. The topological polar surface area (TPSA) is 42.4 Å². The Morgan fingerprint density at radius 2 is 1.82 bits per heavy atom. The van der Waals surface area contributed by atoms with E-state index in [1.807, 2.05) is 13.1 Å². The summed E-state index contributed by atoms with van der Waals surface area (Å²) in [7, 11) is 0.473. The molecule has 0 bridgehead atoms. The molecule has 0 spiro atoms. The number of aliphatic hydroxyl groups is 1. The van der Waals surface area contributed by atoms with Gasteiger partial charge in [-0.05, 0) is 95.4 Å². The fourth-order valence-corrected chi connectivity index (χ4v) is 5.22. The van der Waals surface area contributed by atoms with E-state index in [4.69, 9.17) is 9.64 Å². The molecule has 3 nitrogen and oxygen atoms in total. The number of hydrogen-bond acceptors (Lipinski definition) is 3. The summed E-state index contributed by atoms with van der Waals surface area (Å²) in [6.07, 6.45) is 8.24. The minimum atomic E-state index is -0.873. The Morgan fingerprint density at radius 3 is 2.68 bits per heavy atom. The Bertz CT molecular complexity index is 1470. The molecule has 4 aromatic rings. The minimum absolute atomic E-state index is 0.255. The Hall–Kier alpha value is -3.21. The molecule has 2 aliphatic carbocycles. The average molecular weight is 445 g/mol. The first-order chi connectivity index (χ1) is 16.4. The maximum atomic E-state index is 10.3. The van der Waals surface area contributed by atoms with Gasteiger partial charge in [0.25, 0.3) is 0 Å². The van der Waals surface area contributed by atoms with Crippen LogP contribution in [0.25, 0.3) is 50.4 Å². The number of allylic oxidation sites excluding steroid dienone is 1. The summed E-state index contributed by atoms with van der Waals surface area (Å²) in [4.78, 5) is 4.79. The van der Waals surface area contributed by atoms with Crippen molar-refractivity contribution in [3.8, 4) is 33.5 Å². The molecule has 2 aliphatic rings. The van der Waals surface area contributed by atoms with Crippen LogP contribution in [0.1, 0.15) is 38.3 Å². The highest BCUT2D eigenvalue weighted by molar-refractivity contribution is 6.52. The molecule has 1 unspecified atom stereocenters. The highest BCUT2D eigenvalue weighted by Crippen LogP contribution is 2.48. The van der Waals surface area contributed by atoms with Crippen molar-refractivity contribution in [1.29, 1.82) is 0 Å². The van der Waals surface area contributed by atoms with Gasteiger partial charge in [0.05, 0.1) is 17.4 Å². The summed E-state index contributed by atoms with van der Waals surface area (Å²) >= 11 is 0. The lowest BCUT2D eigenvalue weighted by Gasteiger charge is -2.26. The average Bonchev–Trinajstić information content (AvgIpc) is 3.17. The molecule has 3 aromatic carbocycles. The molecular formula is C30H28BNO2. The summed E-state index contributed by atoms with van der Waals surface area (Å²) in [5, 5.41) is 12.8. The van der Waals surface area contributed by atoms with Crippen molar-refractivity contribution in [3.05, 3.63) is 78.0 Å². The Morgan fingerprint density at radius 1 is 1.00 bits per heavy atom. The van der Waals surface area contributed by atoms with Crippen LogP contribution in [0.15, 0.2) is 66.9 Å². The maximum Gasteiger partial charge on any atom is 0.309 e. The maximum absolute atomic E-state index is 10.3. The molecule has 0 aliphatic heterocycles. The first kappa shape index (κ1) is 21.3. The highest BCUT2D eigenvalue weighted by Gasteiger charge is 2.26. The van der Waals surface area contributed by atoms with Gasteiger partial charge < -0.3 is 9.76 Å². The third kappa shape index (κ3) is 3.41. The quantitative estimate of drug-likeness (QED) is 0.355. The van der Waals surface area contributed by atoms with Crippen molar-refractivity contribution in [2.24, 2.45) is 0 Å². The van der Waals surface area contributed by atoms with E-state index in [0.29, 0.717) is 7.48 Å². The lowest BCUT2D eigenvalue weighted by atomic mass is 9.81. The summed E-state index contributed by atoms with van der Waals surface area (Å²) in [5.74, 6) is 0. The molecule has 0 saturated heterocycles. The molecule has 1 N–H and O–H groups in total. The molecule has 0 saturated carbocycles. The van der Waals surface area contributed by atoms with Gasteiger partial charge in [0.2, 0.25) is 0 Å². The van der Waals surface area contributed by atoms with Crippen LogP contribution in [-0.4, -0.2) is 29.3 Å². The van der Waals surface area contributed by atoms with Gasteiger partial charge >= 0.3 is 7.48 Å². The summed E-state index contributed by atoms with van der Waals surface area (Å²) in [6.45, 7) is 5.49. The zero-order chi connectivity index (χ0) is 23.4. The van der Waals surface area contributed by atoms with Crippen molar-refractivity contribution < 1.29 is 9.76 Å². The van der Waals surface area contributed by atoms with Crippen molar-refractivity contribution in [3.63, 3.8) is 0 Å². The van der Waals surface area contributed by atoms with Gasteiger partial charge in [-0.15, -0.1) is 0 Å². The van der Waals surface area contributed by atoms with Gasteiger partial charge in [-0.2, -0.15) is 0 Å². The van der Waals surface area contributed by atoms with Crippen LogP contribution in [0, 0.1) is 0 Å². The fraction of sp³-hybridized carbons (Fsp3) is 0.233. The zero-order valence-corrected chi connectivity index (χ0v) is 19.9. The van der Waals surface area contributed by atoms with E-state index in [0.717, 1.165) is 24.0 Å². The first-order valence-electron chi connectivity index (χ1n) is 12.1. The molecule has 1 aromatic heterocycles. The molecule has 6 rings (SSSR count). The molecule has 0 fully saturated rings. The summed E-state index contributed by atoms with van der Waals surface area (Å²) in [6, 6.07) is 19.8. The largest absolute Gasteiger partial charge is 0.429 e. The van der Waals surface area contributed by atoms with E-state index >= 15 is 0 Å². The number of fused-ring (bicyclic) bond motifs is 4. The van der Waals surface area contributed by atoms with E-state index < -0.39 is 5.60 Å². The Labute approximate surface area is 201 Å². The summed E-state index contributed by atoms with van der Waals surface area (Å²) in [5.41, 5.74) is 10.3. The van der Waals surface area contributed by atoms with E-state index in [2.05, 4.69) is 66.7 Å². The third-order valence-electron chi connectivity index (χ3n) is 7.44. The monoisotopic (exact) mass is 445 g/mol. The number of pyridine rings is 1. The second-order valence-electron chi connectivity index (χ2n) is 10.0. The number of hydrogen-bond donors (Lipinski definition) is 1. The van der Waals surface area contributed by atoms with Crippen molar-refractivity contribution in [2.75, 3.05) is 0 Å². The lowest BCUT2D eigenvalue weighted by Crippen LogP contribution is -2.38. The van der Waals surface area contributed by atoms with Crippen LogP contribution < -0.4 is 5.46 Å². The van der Waals surface area contributed by atoms with Crippen LogP contribution >= 0.6 is 0 Å². The number of aromatic nitrogens is 1. The molecule has 0 radical (unpaired) electrons. The molecule has 1 atom stereocenters. The third-order valence-corrected chi connectivity index (χ3v) is 7.44. The number of rotatable bonds is 5. The van der Waals surface area contributed by atoms with E-state index in [1.165, 1.54) is 49.7 Å². The normalized spacial score (nSPS) is 14.7. The van der Waals surface area contributed by atoms with Crippen LogP contribution in [0.3, 0.4) is 0 Å². The minimum Gasteiger partial charge on any atom is -0.429 e. The predicted molar refractivity (Wildman–Crippen MR) is 143 cm³/mol. The van der Waals surface area contributed by atoms with Crippen LogP contribution in [-0.2, 0) is 11.1 Å². The standard InChI is InChI=1S/C30H28BNO2/c1-18(30(2,3)33)34-31-27-14-13-24-22-12-11-20(17-26(22)23-9-6-10-25(27)28(23)24)29-21-8-5-4-7-19(21)15-16-32-29/h4,6-7,9-18,31,33H,5,8H2,1-3H3. The van der Waals surface area contributed by atoms with E-state index in [9.17, 15) is 5.11 Å². The van der Waals surface area contributed by atoms with E-state index in [-0.39, 0.29) is 6.10 Å². The Kier molecular flexibility index (Phi) is 4.98. The molecule has 4 heteroatoms. The van der Waals surface area contributed by atoms with Gasteiger partial charge in [-0.3, -0.25) is 4.98 Å². The smallest absolute Gasteiger partial charge is 0.309 e. The van der Waals surface area contributed by atoms with Gasteiger partial charge in [-0.25, -0.2) is 0 Å². The van der Waals surface area contributed by atoms with Gasteiger partial charge in [-0.1, -0.05) is 54.6 Å². The van der Waals surface area contributed by atoms with Crippen molar-refractivity contribution in [2.45, 2.75) is 45.3 Å². The second-order valence-corrected chi connectivity index (χ2v) is 10.0. The van der Waals surface area contributed by atoms with Crippen LogP contribution in [0.5, 0.6) is 0 Å². The van der Waals surface area contributed by atoms with Gasteiger partial charge in [0.1, 0.15) is 0 Å². The predicted octanol–water partition coefficient (Wildman–Crippen LogP) is 5.66. The molecule has 34 heavy (non-hydrogen) atoms. The van der Waals surface area contributed by atoms with Crippen molar-refractivity contribution >= 4 is 29.8 Å². The molecule has 1 heterocycles. The second kappa shape index (κ2) is 7.94. The SMILES string of the molecule is CC(OBc1ccc2c3c(cccc13)-c1cc(-c3nccc4c3CCC=C4)ccc1-2)C(C)(C)O. The number of nitrogens with zero attached hydrogens (tertiary/aromatic N) is 1. The van der Waals surface area contributed by atoms with Crippen molar-refractivity contribution in [1.82, 2.24) is 4.98 Å². The van der Waals surface area contributed by atoms with Crippen LogP contribution in [0.2, 0.25) is 0 Å². The zero-order valence-electron chi connectivity index (χ0n) is 19.9. The fourth-order valence-electron chi connectivity index (χ4n) is 5.22. The molecule has 0 amide bonds. The highest BCUT2D eigenvalue weighted by atomic mass is 16.5. The van der Waals surface area contributed by atoms with Crippen LogP contribution in [0.4, 0.5) is 0 Å². The summed E-state index contributed by atoms with van der Waals surface area (Å²) < 4.78 is 6.04. The molecular weight excluding hydrogens is 417 g/mol. The number of benzene rings is 3. The first-order valence-corrected chi connectivity index (χ1v) is 12.1. The molecule has 168 valence electrons. The lowest BCUT2D eigenvalue weighted by molar-refractivity contribution is -0.0222. The van der Waals surface area contributed by atoms with Gasteiger partial charge in [0.15, 0.2) is 0 Å².